The predicted molar refractivity (Wildman–Crippen MR) is 105 cm³/mol. The maximum Gasteiger partial charge on any atom is 0.321 e. The van der Waals surface area contributed by atoms with Crippen molar-refractivity contribution in [1.82, 2.24) is 4.90 Å². The van der Waals surface area contributed by atoms with Crippen LogP contribution in [0.4, 0.5) is 10.5 Å². The number of benzene rings is 2. The van der Waals surface area contributed by atoms with Gasteiger partial charge in [-0.3, -0.25) is 0 Å². The van der Waals surface area contributed by atoms with E-state index >= 15 is 0 Å². The lowest BCUT2D eigenvalue weighted by atomic mass is 10.1. The first-order valence-electron chi connectivity index (χ1n) is 9.63. The second-order valence-corrected chi connectivity index (χ2v) is 7.22. The van der Waals surface area contributed by atoms with Crippen LogP contribution in [0, 0.1) is 0 Å². The van der Waals surface area contributed by atoms with Crippen molar-refractivity contribution in [2.45, 2.75) is 38.7 Å². The molecule has 1 aliphatic carbocycles. The van der Waals surface area contributed by atoms with E-state index in [4.69, 9.17) is 4.74 Å². The topological polar surface area (TPSA) is 41.6 Å². The number of likely N-dealkylation sites (tertiary alicyclic amines) is 1. The highest BCUT2D eigenvalue weighted by molar-refractivity contribution is 5.90. The summed E-state index contributed by atoms with van der Waals surface area (Å²) >= 11 is 0. The molecule has 2 aromatic carbocycles. The predicted octanol–water partition coefficient (Wildman–Crippen LogP) is 4.68. The number of hydrogen-bond acceptors (Lipinski definition) is 2. The average Bonchev–Trinajstić information content (AvgIpc) is 3.04. The van der Waals surface area contributed by atoms with Crippen molar-refractivity contribution in [3.8, 4) is 11.1 Å². The van der Waals surface area contributed by atoms with Crippen LogP contribution in [0.1, 0.15) is 37.3 Å². The van der Waals surface area contributed by atoms with Crippen molar-refractivity contribution in [2.24, 2.45) is 0 Å². The molecule has 2 aliphatic rings. The summed E-state index contributed by atoms with van der Waals surface area (Å²) in [5, 5.41) is 3.08. The lowest BCUT2D eigenvalue weighted by molar-refractivity contribution is 0.0115. The number of piperidine rings is 1. The first-order chi connectivity index (χ1) is 12.7. The van der Waals surface area contributed by atoms with Gasteiger partial charge in [0.2, 0.25) is 0 Å². The molecule has 1 saturated heterocycles. The van der Waals surface area contributed by atoms with Crippen molar-refractivity contribution in [3.63, 3.8) is 0 Å². The minimum atomic E-state index is -0.0229. The van der Waals surface area contributed by atoms with Crippen LogP contribution in [0.25, 0.3) is 11.1 Å². The summed E-state index contributed by atoms with van der Waals surface area (Å²) in [7, 11) is 0. The fraction of sp³-hybridized carbons (Fsp3) is 0.409. The number of rotatable bonds is 4. The molecule has 1 atom stereocenters. The Morgan fingerprint density at radius 1 is 1.19 bits per heavy atom. The number of fused-ring (bicyclic) bond motifs is 3. The second kappa shape index (κ2) is 7.50. The van der Waals surface area contributed by atoms with Gasteiger partial charge in [0.1, 0.15) is 0 Å². The van der Waals surface area contributed by atoms with Crippen molar-refractivity contribution < 1.29 is 9.53 Å². The van der Waals surface area contributed by atoms with E-state index in [0.29, 0.717) is 6.54 Å². The third kappa shape index (κ3) is 3.47. The Hall–Kier alpha value is -2.33. The molecule has 2 aromatic rings. The fourth-order valence-corrected chi connectivity index (χ4v) is 3.97. The first kappa shape index (κ1) is 17.1. The molecule has 4 heteroatoms. The van der Waals surface area contributed by atoms with E-state index in [-0.39, 0.29) is 12.1 Å². The normalized spacial score (nSPS) is 18.3. The van der Waals surface area contributed by atoms with E-state index in [1.807, 2.05) is 11.0 Å². The quantitative estimate of drug-likeness (QED) is 0.742. The van der Waals surface area contributed by atoms with E-state index in [2.05, 4.69) is 48.6 Å². The number of nitrogens with zero attached hydrogens (tertiary/aromatic N) is 1. The largest absolute Gasteiger partial charge is 0.376 e. The number of carbonyl (C=O) groups excluding carboxylic acids is 1. The average molecular weight is 350 g/mol. The number of anilines is 1. The standard InChI is InChI=1S/C22H26N2O2/c1-2-12-26-19-7-5-11-24(15-19)22(25)23-18-9-10-21-17(14-18)13-16-6-3-4-8-20(16)21/h3-4,6,8-10,14,19H,2,5,7,11-13,15H2,1H3,(H,23,25). The van der Waals surface area contributed by atoms with Crippen LogP contribution in [-0.4, -0.2) is 36.7 Å². The van der Waals surface area contributed by atoms with Crippen molar-refractivity contribution in [3.05, 3.63) is 53.6 Å². The van der Waals surface area contributed by atoms with E-state index < -0.39 is 0 Å². The van der Waals surface area contributed by atoms with Gasteiger partial charge in [-0.1, -0.05) is 37.3 Å². The van der Waals surface area contributed by atoms with Crippen molar-refractivity contribution >= 4 is 11.7 Å². The smallest absolute Gasteiger partial charge is 0.321 e. The molecule has 1 heterocycles. The summed E-state index contributed by atoms with van der Waals surface area (Å²) in [6, 6.07) is 14.7. The molecule has 0 aromatic heterocycles. The minimum absolute atomic E-state index is 0.0229. The van der Waals surface area contributed by atoms with Crippen LogP contribution in [0.15, 0.2) is 42.5 Å². The van der Waals surface area contributed by atoms with Gasteiger partial charge in [0.25, 0.3) is 0 Å². The van der Waals surface area contributed by atoms with Gasteiger partial charge in [0, 0.05) is 25.4 Å². The summed E-state index contributed by atoms with van der Waals surface area (Å²) in [4.78, 5) is 14.5. The molecule has 2 amide bonds. The zero-order chi connectivity index (χ0) is 17.9. The van der Waals surface area contributed by atoms with Gasteiger partial charge in [-0.05, 0) is 60.1 Å². The molecule has 26 heavy (non-hydrogen) atoms. The first-order valence-corrected chi connectivity index (χ1v) is 9.63. The van der Waals surface area contributed by atoms with Crippen LogP contribution < -0.4 is 5.32 Å². The number of ether oxygens (including phenoxy) is 1. The maximum absolute atomic E-state index is 12.7. The Morgan fingerprint density at radius 2 is 2.04 bits per heavy atom. The summed E-state index contributed by atoms with van der Waals surface area (Å²) in [5.41, 5.74) is 6.11. The molecular weight excluding hydrogens is 324 g/mol. The van der Waals surface area contributed by atoms with Gasteiger partial charge in [-0.25, -0.2) is 4.79 Å². The number of urea groups is 1. The monoisotopic (exact) mass is 350 g/mol. The van der Waals surface area contributed by atoms with Crippen LogP contribution in [-0.2, 0) is 11.2 Å². The van der Waals surface area contributed by atoms with E-state index in [9.17, 15) is 4.79 Å². The number of nitrogens with one attached hydrogen (secondary N) is 1. The van der Waals surface area contributed by atoms with Crippen LogP contribution >= 0.6 is 0 Å². The lowest BCUT2D eigenvalue weighted by Gasteiger charge is -2.32. The third-order valence-corrected chi connectivity index (χ3v) is 5.27. The number of hydrogen-bond donors (Lipinski definition) is 1. The molecule has 4 nitrogen and oxygen atoms in total. The van der Waals surface area contributed by atoms with Gasteiger partial charge in [0.05, 0.1) is 6.10 Å². The lowest BCUT2D eigenvalue weighted by Crippen LogP contribution is -2.45. The van der Waals surface area contributed by atoms with Crippen LogP contribution in [0.2, 0.25) is 0 Å². The highest BCUT2D eigenvalue weighted by atomic mass is 16.5. The van der Waals surface area contributed by atoms with Crippen molar-refractivity contribution in [1.29, 1.82) is 0 Å². The molecule has 1 fully saturated rings. The Balaban J connectivity index is 1.42. The summed E-state index contributed by atoms with van der Waals surface area (Å²) in [6.07, 6.45) is 4.16. The SMILES string of the molecule is CCCOC1CCCN(C(=O)Nc2ccc3c(c2)Cc2ccccc2-3)C1. The molecule has 4 rings (SSSR count). The van der Waals surface area contributed by atoms with Crippen LogP contribution in [0.5, 0.6) is 0 Å². The van der Waals surface area contributed by atoms with Gasteiger partial charge in [-0.15, -0.1) is 0 Å². The Labute approximate surface area is 155 Å². The van der Waals surface area contributed by atoms with Gasteiger partial charge >= 0.3 is 6.03 Å². The third-order valence-electron chi connectivity index (χ3n) is 5.27. The van der Waals surface area contributed by atoms with Crippen molar-refractivity contribution in [2.75, 3.05) is 25.0 Å². The highest BCUT2D eigenvalue weighted by Gasteiger charge is 2.24. The second-order valence-electron chi connectivity index (χ2n) is 7.22. The van der Waals surface area contributed by atoms with E-state index in [0.717, 1.165) is 44.5 Å². The summed E-state index contributed by atoms with van der Waals surface area (Å²) in [5.74, 6) is 0. The molecule has 0 bridgehead atoms. The zero-order valence-electron chi connectivity index (χ0n) is 15.3. The Bertz CT molecular complexity index is 802. The van der Waals surface area contributed by atoms with E-state index in [1.165, 1.54) is 22.3 Å². The van der Waals surface area contributed by atoms with Gasteiger partial charge in [-0.2, -0.15) is 0 Å². The number of carbonyl (C=O) groups is 1. The molecule has 0 saturated carbocycles. The molecule has 0 spiro atoms. The molecular formula is C22H26N2O2. The van der Waals surface area contributed by atoms with Gasteiger partial charge in [0.15, 0.2) is 0 Å². The van der Waals surface area contributed by atoms with Crippen LogP contribution in [0.3, 0.4) is 0 Å². The number of amides is 2. The summed E-state index contributed by atoms with van der Waals surface area (Å²) < 4.78 is 5.84. The molecule has 0 radical (unpaired) electrons. The highest BCUT2D eigenvalue weighted by Crippen LogP contribution is 2.37. The fourth-order valence-electron chi connectivity index (χ4n) is 3.97. The molecule has 1 unspecified atom stereocenters. The van der Waals surface area contributed by atoms with Gasteiger partial charge < -0.3 is 15.0 Å². The Kier molecular flexibility index (Phi) is 4.93. The molecule has 1 N–H and O–H groups in total. The molecule has 136 valence electrons. The van der Waals surface area contributed by atoms with E-state index in [1.54, 1.807) is 0 Å². The maximum atomic E-state index is 12.7. The summed E-state index contributed by atoms with van der Waals surface area (Å²) in [6.45, 7) is 4.36. The molecule has 1 aliphatic heterocycles. The zero-order valence-corrected chi connectivity index (χ0v) is 15.3. The minimum Gasteiger partial charge on any atom is -0.376 e. The Morgan fingerprint density at radius 3 is 2.92 bits per heavy atom.